The summed E-state index contributed by atoms with van der Waals surface area (Å²) >= 11 is -1.90. The first-order chi connectivity index (χ1) is 9.90. The van der Waals surface area contributed by atoms with Crippen molar-refractivity contribution in [3.63, 3.8) is 0 Å². The van der Waals surface area contributed by atoms with E-state index in [0.29, 0.717) is 23.7 Å². The molecule has 4 atom stereocenters. The molecule has 1 N–H and O–H groups in total. The molecule has 0 heterocycles. The van der Waals surface area contributed by atoms with E-state index in [0.717, 1.165) is 12.3 Å². The van der Waals surface area contributed by atoms with Gasteiger partial charge in [-0.3, -0.25) is 0 Å². The zero-order valence-electron chi connectivity index (χ0n) is 13.8. The van der Waals surface area contributed by atoms with Crippen molar-refractivity contribution in [2.75, 3.05) is 0 Å². The number of fused-ring (bicyclic) bond motifs is 2. The van der Waals surface area contributed by atoms with Crippen molar-refractivity contribution in [1.29, 1.82) is 0 Å². The molecule has 4 unspecified atom stereocenters. The summed E-state index contributed by atoms with van der Waals surface area (Å²) in [4.78, 5) is 17.0. The van der Waals surface area contributed by atoms with Crippen LogP contribution in [0.1, 0.15) is 53.4 Å². The third kappa shape index (κ3) is 2.55. The molecule has 114 valence electrons. The summed E-state index contributed by atoms with van der Waals surface area (Å²) in [6.07, 6.45) is 5.05. The van der Waals surface area contributed by atoms with Gasteiger partial charge in [0.25, 0.3) is 0 Å². The van der Waals surface area contributed by atoms with Crippen LogP contribution in [0.4, 0.5) is 0 Å². The summed E-state index contributed by atoms with van der Waals surface area (Å²) in [5, 5.41) is 0. The van der Waals surface area contributed by atoms with Crippen LogP contribution in [-0.2, 0) is 22.5 Å². The van der Waals surface area contributed by atoms with Crippen LogP contribution >= 0.6 is 0 Å². The second-order valence-corrected chi connectivity index (χ2v) is 10.0. The third-order valence-corrected chi connectivity index (χ3v) is 9.45. The molecule has 3 rings (SSSR count). The van der Waals surface area contributed by atoms with E-state index in [-0.39, 0.29) is 0 Å². The van der Waals surface area contributed by atoms with Gasteiger partial charge in [-0.05, 0) is 0 Å². The molecule has 21 heavy (non-hydrogen) atoms. The Balaban J connectivity index is 1.69. The Labute approximate surface area is 134 Å². The molecule has 2 saturated carbocycles. The van der Waals surface area contributed by atoms with Gasteiger partial charge in [0, 0.05) is 0 Å². The van der Waals surface area contributed by atoms with Gasteiger partial charge in [-0.25, -0.2) is 0 Å². The molecular formula is C18H27NOTi. The van der Waals surface area contributed by atoms with Gasteiger partial charge in [-0.1, -0.05) is 0 Å². The fourth-order valence-electron chi connectivity index (χ4n) is 4.73. The van der Waals surface area contributed by atoms with Crippen LogP contribution in [0.2, 0.25) is 0 Å². The van der Waals surface area contributed by atoms with E-state index in [1.54, 1.807) is 0 Å². The fourth-order valence-corrected chi connectivity index (χ4v) is 7.84. The summed E-state index contributed by atoms with van der Waals surface area (Å²) in [5.41, 5.74) is 4.28. The first-order valence-electron chi connectivity index (χ1n) is 8.28. The number of amides is 1. The molecule has 3 aliphatic rings. The summed E-state index contributed by atoms with van der Waals surface area (Å²) in [6, 6.07) is 0. The van der Waals surface area contributed by atoms with Crippen molar-refractivity contribution in [3.8, 4) is 0 Å². The Morgan fingerprint density at radius 2 is 1.90 bits per heavy atom. The van der Waals surface area contributed by atoms with E-state index < -0.39 is 17.7 Å². The average Bonchev–Trinajstić information content (AvgIpc) is 3.11. The summed E-state index contributed by atoms with van der Waals surface area (Å²) < 4.78 is 4.86. The number of hydrogen-bond donors (Lipinski definition) is 1. The first kappa shape index (κ1) is 15.4. The van der Waals surface area contributed by atoms with Crippen molar-refractivity contribution in [2.45, 2.75) is 53.4 Å². The number of carbonyl (C=O) groups excluding carboxylic acids is 1. The molecule has 0 aromatic carbocycles. The predicted molar refractivity (Wildman–Crippen MR) is 84.4 cm³/mol. The minimum absolute atomic E-state index is 0.292. The molecule has 3 aliphatic carbocycles. The quantitative estimate of drug-likeness (QED) is 0.788. The van der Waals surface area contributed by atoms with E-state index in [1.807, 2.05) is 0 Å². The molecule has 0 radical (unpaired) electrons. The molecule has 1 amide bonds. The van der Waals surface area contributed by atoms with E-state index in [2.05, 4.69) is 36.3 Å². The Kier molecular flexibility index (Phi) is 4.13. The van der Waals surface area contributed by atoms with Gasteiger partial charge in [0.15, 0.2) is 0 Å². The number of hydrogen-bond acceptors (Lipinski definition) is 1. The summed E-state index contributed by atoms with van der Waals surface area (Å²) in [7, 11) is 0. The maximum atomic E-state index is 12.6. The molecule has 0 aromatic rings. The van der Waals surface area contributed by atoms with Gasteiger partial charge in [-0.15, -0.1) is 0 Å². The van der Waals surface area contributed by atoms with Crippen molar-refractivity contribution < 1.29 is 22.5 Å². The van der Waals surface area contributed by atoms with Gasteiger partial charge in [0.05, 0.1) is 0 Å². The van der Waals surface area contributed by atoms with E-state index >= 15 is 0 Å². The van der Waals surface area contributed by atoms with Gasteiger partial charge in [0.2, 0.25) is 0 Å². The fraction of sp³-hybridized carbons (Fsp3) is 0.667. The molecule has 3 heteroatoms. The predicted octanol–water partition coefficient (Wildman–Crippen LogP) is 3.76. The Hall–Kier alpha value is -0.466. The van der Waals surface area contributed by atoms with Crippen LogP contribution in [0.15, 0.2) is 20.6 Å². The second kappa shape index (κ2) is 5.63. The normalized spacial score (nSPS) is 34.9. The van der Waals surface area contributed by atoms with Crippen LogP contribution in [-0.4, -0.2) is 10.7 Å². The Morgan fingerprint density at radius 3 is 2.38 bits per heavy atom. The first-order valence-corrected chi connectivity index (χ1v) is 10.9. The number of carbonyl (C=O) groups is 1. The minimum atomic E-state index is -1.90. The molecule has 2 nitrogen and oxygen atoms in total. The van der Waals surface area contributed by atoms with Gasteiger partial charge >= 0.3 is 135 Å². The van der Waals surface area contributed by atoms with Gasteiger partial charge in [0.1, 0.15) is 0 Å². The van der Waals surface area contributed by atoms with Gasteiger partial charge in [-0.2, -0.15) is 0 Å². The maximum absolute atomic E-state index is 12.6. The standard InChI is InChI=1S/C9H13.C8H13NO.CH2.Ti/c1-6-5-7(2)9(4)8(6)3;9-8(10)7-4-5-1-2-6(7)3-5;;/h6H,1-4H3;5-7H,1-4H2,(H2,9,10);1H2;/q;;;+1/p-1. The Bertz CT molecular complexity index is 572. The third-order valence-electron chi connectivity index (χ3n) is 6.31. The van der Waals surface area contributed by atoms with Crippen LogP contribution < -0.4 is 3.80 Å². The van der Waals surface area contributed by atoms with E-state index in [1.165, 1.54) is 39.9 Å². The number of nitrogens with one attached hydrogen (secondary N) is 1. The topological polar surface area (TPSA) is 29.1 Å². The molecule has 2 fully saturated rings. The zero-order valence-corrected chi connectivity index (χ0v) is 15.3. The van der Waals surface area contributed by atoms with E-state index in [4.69, 9.17) is 0 Å². The van der Waals surface area contributed by atoms with Crippen molar-refractivity contribution >= 4 is 10.7 Å². The summed E-state index contributed by atoms with van der Waals surface area (Å²) in [5.74, 6) is 2.59. The van der Waals surface area contributed by atoms with Crippen LogP contribution in [0.5, 0.6) is 0 Å². The van der Waals surface area contributed by atoms with Crippen LogP contribution in [0.25, 0.3) is 0 Å². The molecule has 0 aliphatic heterocycles. The SMILES string of the molecule is [CH2]=[Ti]([NH]C(=O)C1CC2CCC1C2)[C]1=C(C)C(C)=C(C)C1C. The monoisotopic (exact) mass is 321 g/mol. The van der Waals surface area contributed by atoms with Crippen molar-refractivity contribution in [1.82, 2.24) is 3.80 Å². The second-order valence-electron chi connectivity index (χ2n) is 7.32. The molecule has 0 aromatic heterocycles. The zero-order chi connectivity index (χ0) is 15.3. The van der Waals surface area contributed by atoms with Gasteiger partial charge < -0.3 is 0 Å². The molecule has 0 saturated heterocycles. The Morgan fingerprint density at radius 1 is 1.19 bits per heavy atom. The van der Waals surface area contributed by atoms with Crippen LogP contribution in [0.3, 0.4) is 0 Å². The van der Waals surface area contributed by atoms with E-state index in [9.17, 15) is 4.79 Å². The molecular weight excluding hydrogens is 294 g/mol. The molecule has 2 bridgehead atoms. The van der Waals surface area contributed by atoms with Crippen molar-refractivity contribution in [2.24, 2.45) is 23.7 Å². The molecule has 0 spiro atoms. The number of rotatable bonds is 3. The average molecular weight is 321 g/mol. The number of allylic oxidation sites excluding steroid dienone is 4. The van der Waals surface area contributed by atoms with Crippen molar-refractivity contribution in [3.05, 3.63) is 20.6 Å². The van der Waals surface area contributed by atoms with Crippen LogP contribution in [0, 0.1) is 23.7 Å². The summed E-state index contributed by atoms with van der Waals surface area (Å²) in [6.45, 7) is 8.91.